The van der Waals surface area contributed by atoms with Gasteiger partial charge in [0, 0.05) is 107 Å². The Hall–Kier alpha value is -7.92. The number of hydrogen-bond acceptors (Lipinski definition) is 0. The quantitative estimate of drug-likeness (QED) is 0.482. The van der Waals surface area contributed by atoms with Crippen molar-refractivity contribution >= 4 is 0 Å². The summed E-state index contributed by atoms with van der Waals surface area (Å²) in [6.45, 7) is 0. The van der Waals surface area contributed by atoms with E-state index in [4.69, 9.17) is 12.8 Å². The molecule has 0 aromatic carbocycles. The largest absolute Gasteiger partial charge is 0.106 e. The van der Waals surface area contributed by atoms with Gasteiger partial charge in [-0.3, -0.25) is 0 Å². The lowest BCUT2D eigenvalue weighted by Gasteiger charge is -1.57. The molecule has 0 saturated heterocycles. The van der Waals surface area contributed by atoms with Crippen molar-refractivity contribution in [2.24, 2.45) is 0 Å². The Morgan fingerprint density at radius 2 is 0.222 bits per heavy atom. The third kappa shape index (κ3) is 26.1. The van der Waals surface area contributed by atoms with Crippen LogP contribution in [0.4, 0.5) is 0 Å². The first-order valence-electron chi connectivity index (χ1n) is 8.83. The van der Waals surface area contributed by atoms with E-state index in [1.54, 1.807) is 0 Å². The van der Waals surface area contributed by atoms with Crippen LogP contribution in [-0.2, 0) is 0 Å². The molecular formula is C36H2. The van der Waals surface area contributed by atoms with E-state index in [9.17, 15) is 0 Å². The molecule has 0 heteroatoms. The Bertz CT molecular complexity index is 1870. The van der Waals surface area contributed by atoms with Gasteiger partial charge in [-0.25, -0.2) is 0 Å². The van der Waals surface area contributed by atoms with E-state index in [1.807, 2.05) is 0 Å². The number of terminal acetylenes is 2. The van der Waals surface area contributed by atoms with E-state index < -0.39 is 0 Å². The van der Waals surface area contributed by atoms with Crippen LogP contribution in [0.3, 0.4) is 0 Å². The van der Waals surface area contributed by atoms with Crippen LogP contribution in [0.25, 0.3) is 0 Å². The summed E-state index contributed by atoms with van der Waals surface area (Å²) in [4.78, 5) is 0. The second-order valence-electron chi connectivity index (χ2n) is 4.29. The molecular weight excluding hydrogens is 432 g/mol. The molecule has 0 spiro atoms. The van der Waals surface area contributed by atoms with Crippen LogP contribution < -0.4 is 0 Å². The molecule has 0 rings (SSSR count). The fraction of sp³-hybridized carbons (Fsp3) is 0. The van der Waals surface area contributed by atoms with Gasteiger partial charge in [0.25, 0.3) is 0 Å². The molecule has 0 saturated carbocycles. The zero-order chi connectivity index (χ0) is 26.0. The lowest BCUT2D eigenvalue weighted by Crippen LogP contribution is -1.57. The topological polar surface area (TPSA) is 0 Å². The van der Waals surface area contributed by atoms with Gasteiger partial charge in [-0.15, -0.1) is 12.8 Å². The molecule has 0 bridgehead atoms. The van der Waals surface area contributed by atoms with E-state index >= 15 is 0 Å². The lowest BCUT2D eigenvalue weighted by molar-refractivity contribution is 2.32. The second-order valence-corrected chi connectivity index (χ2v) is 4.29. The zero-order valence-electron chi connectivity index (χ0n) is 18.2. The van der Waals surface area contributed by atoms with Gasteiger partial charge < -0.3 is 0 Å². The Kier molecular flexibility index (Phi) is 21.1. The number of rotatable bonds is 0. The van der Waals surface area contributed by atoms with E-state index in [0.717, 1.165) is 0 Å². The summed E-state index contributed by atoms with van der Waals surface area (Å²) in [7, 11) is 0. The van der Waals surface area contributed by atoms with E-state index in [0.29, 0.717) is 0 Å². The minimum atomic E-state index is 2.12. The van der Waals surface area contributed by atoms with Crippen LogP contribution in [0.2, 0.25) is 0 Å². The van der Waals surface area contributed by atoms with Crippen molar-refractivity contribution in [3.63, 3.8) is 0 Å². The summed E-state index contributed by atoms with van der Waals surface area (Å²) in [6, 6.07) is 0. The highest BCUT2D eigenvalue weighted by Gasteiger charge is 1.60. The highest BCUT2D eigenvalue weighted by Crippen LogP contribution is 1.60. The van der Waals surface area contributed by atoms with Crippen molar-refractivity contribution in [1.82, 2.24) is 0 Å². The SMILES string of the molecule is C#CC#CC#CC#CC#CC#CC#CC#CC#CC#CC#CC#CC#CC#CC#CC#CC#CC#C. The van der Waals surface area contributed by atoms with Crippen molar-refractivity contribution in [3.8, 4) is 214 Å². The van der Waals surface area contributed by atoms with E-state index in [-0.39, 0.29) is 0 Å². The van der Waals surface area contributed by atoms with Gasteiger partial charge >= 0.3 is 0 Å². The molecule has 0 atom stereocenters. The van der Waals surface area contributed by atoms with Crippen LogP contribution >= 0.6 is 0 Å². The van der Waals surface area contributed by atoms with Crippen molar-refractivity contribution in [3.05, 3.63) is 0 Å². The normalized spacial score (nSPS) is 3.83. The predicted molar refractivity (Wildman–Crippen MR) is 142 cm³/mol. The standard InChI is InChI=1S/C36H2/c1-3-5-7-9-11-13-15-17-19-21-23-25-27-29-31-33-35-36-34-32-30-28-26-24-22-20-18-16-14-12-10-8-6-4-2/h1-2H. The molecule has 0 N–H and O–H groups in total. The van der Waals surface area contributed by atoms with Gasteiger partial charge in [0.15, 0.2) is 0 Å². The van der Waals surface area contributed by atoms with E-state index in [2.05, 4.69) is 201 Å². The first-order valence-corrected chi connectivity index (χ1v) is 8.83. The molecule has 0 fully saturated rings. The van der Waals surface area contributed by atoms with Gasteiger partial charge in [0.2, 0.25) is 0 Å². The minimum absolute atomic E-state index is 2.12. The van der Waals surface area contributed by atoms with Crippen LogP contribution in [0, 0.1) is 214 Å². The Labute approximate surface area is 213 Å². The minimum Gasteiger partial charge on any atom is -0.106 e. The Morgan fingerprint density at radius 1 is 0.139 bits per heavy atom. The lowest BCUT2D eigenvalue weighted by atomic mass is 10.4. The summed E-state index contributed by atoms with van der Waals surface area (Å²) >= 11 is 0. The first-order chi connectivity index (χ1) is 17.9. The maximum atomic E-state index is 4.93. The summed E-state index contributed by atoms with van der Waals surface area (Å²) in [5.74, 6) is 83.1. The van der Waals surface area contributed by atoms with Gasteiger partial charge in [-0.05, 0) is 94.7 Å². The van der Waals surface area contributed by atoms with Crippen LogP contribution in [0.15, 0.2) is 0 Å². The molecule has 0 unspecified atom stereocenters. The first kappa shape index (κ1) is 28.1. The Morgan fingerprint density at radius 3 is 0.306 bits per heavy atom. The van der Waals surface area contributed by atoms with E-state index in [1.165, 1.54) is 0 Å². The zero-order valence-corrected chi connectivity index (χ0v) is 18.2. The average Bonchev–Trinajstić information content (AvgIpc) is 2.89. The second kappa shape index (κ2) is 27.1. The molecule has 146 valence electrons. The van der Waals surface area contributed by atoms with Gasteiger partial charge in [-0.1, -0.05) is 0 Å². The van der Waals surface area contributed by atoms with Gasteiger partial charge in [0.1, 0.15) is 0 Å². The third-order valence-electron chi connectivity index (χ3n) is 2.08. The van der Waals surface area contributed by atoms with Crippen molar-refractivity contribution in [2.45, 2.75) is 0 Å². The maximum Gasteiger partial charge on any atom is 0 e. The van der Waals surface area contributed by atoms with Gasteiger partial charge in [0.05, 0.1) is 0 Å². The average molecular weight is 434 g/mol. The fourth-order valence-corrected chi connectivity index (χ4v) is 1.01. The molecule has 0 radical (unpaired) electrons. The Balaban J connectivity index is 4.50. The predicted octanol–water partition coefficient (Wildman–Crippen LogP) is 0.307. The molecule has 0 aromatic rings. The molecule has 0 heterocycles. The van der Waals surface area contributed by atoms with Crippen LogP contribution in [0.1, 0.15) is 0 Å². The smallest absolute Gasteiger partial charge is 0 e. The molecule has 0 aromatic heterocycles. The summed E-state index contributed by atoms with van der Waals surface area (Å²) < 4.78 is 0. The fourth-order valence-electron chi connectivity index (χ4n) is 1.01. The summed E-state index contributed by atoms with van der Waals surface area (Å²) in [5, 5.41) is 0. The molecule has 0 aliphatic carbocycles. The highest BCUT2D eigenvalue weighted by molar-refractivity contribution is 5.49. The van der Waals surface area contributed by atoms with Crippen molar-refractivity contribution in [2.75, 3.05) is 0 Å². The summed E-state index contributed by atoms with van der Waals surface area (Å²) in [6.07, 6.45) is 9.85. The molecule has 0 aliphatic heterocycles. The maximum absolute atomic E-state index is 4.93. The van der Waals surface area contributed by atoms with Crippen molar-refractivity contribution in [1.29, 1.82) is 0 Å². The molecule has 0 aliphatic rings. The number of hydrogen-bond donors (Lipinski definition) is 0. The van der Waals surface area contributed by atoms with Gasteiger partial charge in [-0.2, -0.15) is 0 Å². The van der Waals surface area contributed by atoms with Crippen molar-refractivity contribution < 1.29 is 0 Å². The molecule has 0 amide bonds. The van der Waals surface area contributed by atoms with Crippen LogP contribution in [-0.4, -0.2) is 0 Å². The highest BCUT2D eigenvalue weighted by atomic mass is 13.6. The van der Waals surface area contributed by atoms with Crippen LogP contribution in [0.5, 0.6) is 0 Å². The third-order valence-corrected chi connectivity index (χ3v) is 2.08. The summed E-state index contributed by atoms with van der Waals surface area (Å²) in [5.41, 5.74) is 0. The monoisotopic (exact) mass is 434 g/mol. The molecule has 36 heavy (non-hydrogen) atoms. The molecule has 0 nitrogen and oxygen atoms in total.